The van der Waals surface area contributed by atoms with Crippen LogP contribution in [0.5, 0.6) is 0 Å². The van der Waals surface area contributed by atoms with Gasteiger partial charge in [0.2, 0.25) is 0 Å². The first-order valence-electron chi connectivity index (χ1n) is 10.8. The van der Waals surface area contributed by atoms with Crippen LogP contribution in [-0.4, -0.2) is 0 Å². The zero-order valence-electron chi connectivity index (χ0n) is 18.7. The van der Waals surface area contributed by atoms with Crippen molar-refractivity contribution in [2.75, 3.05) is 0 Å². The van der Waals surface area contributed by atoms with E-state index in [0.717, 1.165) is 10.4 Å². The zero-order chi connectivity index (χ0) is 23.8. The smallest absolute Gasteiger partial charge is 0.0746 e. The molecule has 0 heterocycles. The maximum atomic E-state index is 6.25. The average Bonchev–Trinajstić information content (AvgIpc) is 3.52. The van der Waals surface area contributed by atoms with Gasteiger partial charge in [-0.1, -0.05) is 105 Å². The van der Waals surface area contributed by atoms with Crippen molar-refractivity contribution in [1.29, 1.82) is 0 Å². The standard InChI is InChI=1S/C15H10Cl.C15H11.2ClH.H2S.Zr/c16-14-8-4-7-12-9-10-13(15(12)14)11-5-2-1-3-6-11;1-2-6-12(7-3-1)15-11-10-13-8-4-5-9-14(13)15;;;;/h1-10H;1-11H;2*1H;1H2;/q2*-1;;;;+2/p-3. The summed E-state index contributed by atoms with van der Waals surface area (Å²) in [7, 11) is 9.87. The molecular formula is C30H22Cl3SZr-3. The molecule has 0 fully saturated rings. The van der Waals surface area contributed by atoms with Crippen molar-refractivity contribution >= 4 is 63.7 Å². The van der Waals surface area contributed by atoms with Gasteiger partial charge in [0.05, 0.1) is 0 Å². The van der Waals surface area contributed by atoms with Gasteiger partial charge < -0.3 is 13.5 Å². The molecule has 0 saturated carbocycles. The molecule has 0 saturated heterocycles. The van der Waals surface area contributed by atoms with E-state index < -0.39 is 20.8 Å². The minimum atomic E-state index is -0.826. The number of rotatable bonds is 2. The molecular weight excluding hydrogens is 590 g/mol. The van der Waals surface area contributed by atoms with E-state index in [9.17, 15) is 0 Å². The summed E-state index contributed by atoms with van der Waals surface area (Å²) in [6.07, 6.45) is 0. The summed E-state index contributed by atoms with van der Waals surface area (Å²) in [5.41, 5.74) is 5.04. The van der Waals surface area contributed by atoms with E-state index in [-0.39, 0.29) is 13.5 Å². The van der Waals surface area contributed by atoms with Crippen molar-refractivity contribution in [3.05, 3.63) is 132 Å². The zero-order valence-corrected chi connectivity index (χ0v) is 24.3. The predicted molar refractivity (Wildman–Crippen MR) is 155 cm³/mol. The van der Waals surface area contributed by atoms with Crippen LogP contribution in [0, 0.1) is 0 Å². The van der Waals surface area contributed by atoms with Crippen LogP contribution >= 0.6 is 28.6 Å². The first-order valence-corrected chi connectivity index (χ1v) is 17.5. The van der Waals surface area contributed by atoms with Gasteiger partial charge in [-0.25, -0.2) is 0 Å². The third-order valence-corrected chi connectivity index (χ3v) is 5.91. The van der Waals surface area contributed by atoms with Crippen molar-refractivity contribution in [3.63, 3.8) is 0 Å². The molecule has 6 rings (SSSR count). The van der Waals surface area contributed by atoms with Crippen LogP contribution in [0.25, 0.3) is 43.8 Å². The molecule has 0 aliphatic carbocycles. The molecule has 6 aromatic carbocycles. The molecule has 6 aromatic rings. The molecule has 0 amide bonds. The summed E-state index contributed by atoms with van der Waals surface area (Å²) >= 11 is 5.43. The van der Waals surface area contributed by atoms with Crippen LogP contribution < -0.4 is 0 Å². The number of hydrogen-bond acceptors (Lipinski definition) is 1. The van der Waals surface area contributed by atoms with Gasteiger partial charge in [-0.15, -0.1) is 77.3 Å². The fourth-order valence-electron chi connectivity index (χ4n) is 4.10. The van der Waals surface area contributed by atoms with Crippen molar-refractivity contribution < 1.29 is 20.8 Å². The summed E-state index contributed by atoms with van der Waals surface area (Å²) in [6, 6.07) is 44.0. The van der Waals surface area contributed by atoms with Crippen LogP contribution in [0.15, 0.2) is 127 Å². The minimum Gasteiger partial charge on any atom is -0.813 e. The van der Waals surface area contributed by atoms with Gasteiger partial charge in [0.15, 0.2) is 0 Å². The molecule has 5 heteroatoms. The van der Waals surface area contributed by atoms with Gasteiger partial charge in [-0.2, -0.15) is 0 Å². The molecule has 0 nitrogen and oxygen atoms in total. The van der Waals surface area contributed by atoms with Crippen LogP contribution in [-0.2, 0) is 34.3 Å². The molecule has 0 spiro atoms. The van der Waals surface area contributed by atoms with Crippen molar-refractivity contribution in [3.8, 4) is 22.3 Å². The molecule has 0 aliphatic heterocycles. The van der Waals surface area contributed by atoms with E-state index in [1.54, 1.807) is 0 Å². The number of thiol groups is 1. The van der Waals surface area contributed by atoms with Crippen LogP contribution in [0.2, 0.25) is 5.02 Å². The van der Waals surface area contributed by atoms with Crippen molar-refractivity contribution in [2.24, 2.45) is 0 Å². The van der Waals surface area contributed by atoms with Gasteiger partial charge in [0, 0.05) is 0 Å². The van der Waals surface area contributed by atoms with E-state index >= 15 is 0 Å². The Morgan fingerprint density at radius 2 is 1.00 bits per heavy atom. The molecule has 176 valence electrons. The molecule has 0 aliphatic rings. The normalized spacial score (nSPS) is 9.91. The second-order valence-corrected chi connectivity index (χ2v) is 11.7. The van der Waals surface area contributed by atoms with Crippen LogP contribution in [0.4, 0.5) is 0 Å². The molecule has 0 radical (unpaired) electrons. The van der Waals surface area contributed by atoms with Crippen LogP contribution in [0.3, 0.4) is 0 Å². The van der Waals surface area contributed by atoms with Crippen LogP contribution in [0.1, 0.15) is 0 Å². The Morgan fingerprint density at radius 3 is 1.66 bits per heavy atom. The fourth-order valence-corrected chi connectivity index (χ4v) is 4.38. The molecule has 0 bridgehead atoms. The van der Waals surface area contributed by atoms with E-state index in [1.165, 1.54) is 38.4 Å². The first kappa shape index (κ1) is 27.8. The molecule has 0 N–H and O–H groups in total. The fraction of sp³-hybridized carbons (Fsp3) is 0. The van der Waals surface area contributed by atoms with E-state index in [1.807, 2.05) is 30.3 Å². The molecule has 35 heavy (non-hydrogen) atoms. The number of hydrogen-bond donors (Lipinski definition) is 0. The van der Waals surface area contributed by atoms with Crippen molar-refractivity contribution in [1.82, 2.24) is 0 Å². The topological polar surface area (TPSA) is 0 Å². The third-order valence-electron chi connectivity index (χ3n) is 5.59. The van der Waals surface area contributed by atoms with E-state index in [2.05, 4.69) is 97.1 Å². The second kappa shape index (κ2) is 14.1. The number of fused-ring (bicyclic) bond motifs is 2. The summed E-state index contributed by atoms with van der Waals surface area (Å²) in [5, 5.41) is 5.82. The monoisotopic (exact) mass is 609 g/mol. The Kier molecular flexibility index (Phi) is 11.2. The predicted octanol–water partition coefficient (Wildman–Crippen LogP) is 10.2. The Hall–Kier alpha value is -1.80. The van der Waals surface area contributed by atoms with Gasteiger partial charge in [0.1, 0.15) is 0 Å². The SMILES string of the molecule is Clc1cccc2cc[c-](-c3ccccc3)c12.[Cl][Zr][Cl].[SH-].c1ccc(-[c-]2ccc3ccccc32)cc1. The van der Waals surface area contributed by atoms with E-state index in [4.69, 9.17) is 28.6 Å². The largest absolute Gasteiger partial charge is 0.813 e. The molecule has 0 unspecified atom stereocenters. The summed E-state index contributed by atoms with van der Waals surface area (Å²) in [5.74, 6) is 0. The first-order chi connectivity index (χ1) is 16.7. The Bertz CT molecular complexity index is 1460. The van der Waals surface area contributed by atoms with Gasteiger partial charge in [0.25, 0.3) is 0 Å². The third kappa shape index (κ3) is 6.91. The average molecular weight is 612 g/mol. The Morgan fingerprint density at radius 1 is 0.514 bits per heavy atom. The summed E-state index contributed by atoms with van der Waals surface area (Å²) in [6.45, 7) is 0. The van der Waals surface area contributed by atoms with Gasteiger partial charge >= 0.3 is 37.9 Å². The number of halogens is 3. The Labute approximate surface area is 237 Å². The van der Waals surface area contributed by atoms with E-state index in [0.29, 0.717) is 0 Å². The Balaban J connectivity index is 0.000000172. The second-order valence-electron chi connectivity index (χ2n) is 7.59. The summed E-state index contributed by atoms with van der Waals surface area (Å²) < 4.78 is 0. The van der Waals surface area contributed by atoms with Gasteiger partial charge in [-0.3, -0.25) is 0 Å². The maximum absolute atomic E-state index is 6.25. The number of benzene rings is 4. The summed E-state index contributed by atoms with van der Waals surface area (Å²) in [4.78, 5) is 0. The quantitative estimate of drug-likeness (QED) is 0.107. The van der Waals surface area contributed by atoms with Crippen molar-refractivity contribution in [2.45, 2.75) is 0 Å². The molecule has 0 aromatic heterocycles. The minimum absolute atomic E-state index is 0. The molecule has 0 atom stereocenters. The van der Waals surface area contributed by atoms with Gasteiger partial charge in [-0.05, 0) is 5.02 Å². The maximum Gasteiger partial charge on any atom is -0.0746 e.